The monoisotopic (exact) mass is 341 g/mol. The zero-order chi connectivity index (χ0) is 15.7. The van der Waals surface area contributed by atoms with Crippen molar-refractivity contribution in [3.63, 3.8) is 0 Å². The van der Waals surface area contributed by atoms with Gasteiger partial charge in [0, 0.05) is 17.7 Å². The van der Waals surface area contributed by atoms with Crippen molar-refractivity contribution in [2.45, 2.75) is 19.1 Å². The summed E-state index contributed by atoms with van der Waals surface area (Å²) >= 11 is 5.89. The van der Waals surface area contributed by atoms with Gasteiger partial charge in [-0.3, -0.25) is 0 Å². The quantitative estimate of drug-likeness (QED) is 0.851. The number of hydrogen-bond acceptors (Lipinski definition) is 5. The summed E-state index contributed by atoms with van der Waals surface area (Å²) in [5.74, 6) is 1.48. The maximum Gasteiger partial charge on any atom is 0.181 e. The summed E-state index contributed by atoms with van der Waals surface area (Å²) in [7, 11) is -1.41. The highest BCUT2D eigenvalue weighted by Gasteiger charge is 2.31. The molecular weight excluding hydrogens is 326 g/mol. The average Bonchev–Trinajstić information content (AvgIpc) is 3.03. The van der Waals surface area contributed by atoms with Crippen LogP contribution in [0.5, 0.6) is 0 Å². The van der Waals surface area contributed by atoms with Gasteiger partial charge in [-0.2, -0.15) is 5.10 Å². The molecule has 0 spiro atoms. The zero-order valence-corrected chi connectivity index (χ0v) is 13.6. The van der Waals surface area contributed by atoms with Crippen molar-refractivity contribution in [1.82, 2.24) is 14.8 Å². The Morgan fingerprint density at radius 3 is 2.68 bits per heavy atom. The first kappa shape index (κ1) is 15.5. The van der Waals surface area contributed by atoms with Crippen molar-refractivity contribution in [3.8, 4) is 11.4 Å². The predicted octanol–water partition coefficient (Wildman–Crippen LogP) is 2.10. The average molecular weight is 342 g/mol. The molecule has 1 aliphatic heterocycles. The lowest BCUT2D eigenvalue weighted by Gasteiger charge is -2.10. The molecule has 3 rings (SSSR count). The number of sulfone groups is 1. The number of nitrogens with zero attached hydrogens (tertiary/aromatic N) is 3. The van der Waals surface area contributed by atoms with E-state index in [2.05, 4.69) is 10.1 Å². The summed E-state index contributed by atoms with van der Waals surface area (Å²) in [5.41, 5.74) is 0.835. The molecule has 0 radical (unpaired) electrons. The van der Waals surface area contributed by atoms with Crippen LogP contribution >= 0.6 is 11.6 Å². The van der Waals surface area contributed by atoms with Gasteiger partial charge in [-0.1, -0.05) is 11.6 Å². The smallest absolute Gasteiger partial charge is 0.181 e. The molecule has 2 heterocycles. The van der Waals surface area contributed by atoms with E-state index in [9.17, 15) is 8.42 Å². The molecule has 6 nitrogen and oxygen atoms in total. The first-order chi connectivity index (χ1) is 10.5. The fraction of sp³-hybridized carbons (Fsp3) is 0.429. The maximum absolute atomic E-state index is 11.7. The van der Waals surface area contributed by atoms with Crippen LogP contribution in [0.4, 0.5) is 0 Å². The summed E-state index contributed by atoms with van der Waals surface area (Å²) in [4.78, 5) is 4.48. The maximum atomic E-state index is 11.7. The van der Waals surface area contributed by atoms with Crippen molar-refractivity contribution in [2.75, 3.05) is 18.6 Å². The molecule has 1 fully saturated rings. The van der Waals surface area contributed by atoms with Crippen molar-refractivity contribution in [3.05, 3.63) is 35.1 Å². The molecule has 0 aliphatic carbocycles. The normalized spacial score (nSPS) is 20.4. The van der Waals surface area contributed by atoms with Gasteiger partial charge in [0.05, 0.1) is 17.5 Å². The molecule has 1 unspecified atom stereocenters. The SMILES string of the molecule is COCc1nc(-c2ccc(Cl)cc2)nn1C1CCS(=O)(=O)C1. The molecule has 2 aromatic rings. The third-order valence-electron chi connectivity index (χ3n) is 3.63. The first-order valence-corrected chi connectivity index (χ1v) is 9.09. The molecular formula is C14H16ClN3O3S. The number of hydrogen-bond donors (Lipinski definition) is 0. The Balaban J connectivity index is 1.97. The Morgan fingerprint density at radius 2 is 2.09 bits per heavy atom. The minimum Gasteiger partial charge on any atom is -0.377 e. The van der Waals surface area contributed by atoms with E-state index in [1.807, 2.05) is 12.1 Å². The molecule has 8 heteroatoms. The second-order valence-electron chi connectivity index (χ2n) is 5.29. The molecule has 1 aliphatic rings. The van der Waals surface area contributed by atoms with Gasteiger partial charge in [0.15, 0.2) is 21.5 Å². The van der Waals surface area contributed by atoms with E-state index in [1.165, 1.54) is 0 Å². The topological polar surface area (TPSA) is 74.1 Å². The van der Waals surface area contributed by atoms with Crippen molar-refractivity contribution < 1.29 is 13.2 Å². The minimum absolute atomic E-state index is 0.104. The van der Waals surface area contributed by atoms with E-state index in [-0.39, 0.29) is 24.2 Å². The van der Waals surface area contributed by atoms with E-state index >= 15 is 0 Å². The third-order valence-corrected chi connectivity index (χ3v) is 5.63. The highest BCUT2D eigenvalue weighted by molar-refractivity contribution is 7.91. The van der Waals surface area contributed by atoms with Crippen LogP contribution in [0.25, 0.3) is 11.4 Å². The molecule has 22 heavy (non-hydrogen) atoms. The number of benzene rings is 1. The Hall–Kier alpha value is -1.44. The summed E-state index contributed by atoms with van der Waals surface area (Å²) < 4.78 is 30.2. The predicted molar refractivity (Wildman–Crippen MR) is 83.5 cm³/mol. The molecule has 0 amide bonds. The molecule has 1 aromatic heterocycles. The molecule has 1 atom stereocenters. The van der Waals surface area contributed by atoms with E-state index in [4.69, 9.17) is 16.3 Å². The Labute approximate surface area is 134 Å². The summed E-state index contributed by atoms with van der Waals surface area (Å²) in [6.07, 6.45) is 0.558. The highest BCUT2D eigenvalue weighted by atomic mass is 35.5. The standard InChI is InChI=1S/C14H16ClN3O3S/c1-21-8-13-16-14(10-2-4-11(15)5-3-10)17-18(13)12-6-7-22(19,20)9-12/h2-5,12H,6-9H2,1H3. The lowest BCUT2D eigenvalue weighted by Crippen LogP contribution is -2.16. The van der Waals surface area contributed by atoms with Gasteiger partial charge in [0.2, 0.25) is 0 Å². The molecule has 0 bridgehead atoms. The highest BCUT2D eigenvalue weighted by Crippen LogP contribution is 2.26. The van der Waals surface area contributed by atoms with Crippen molar-refractivity contribution in [1.29, 1.82) is 0 Å². The molecule has 1 aromatic carbocycles. The lowest BCUT2D eigenvalue weighted by atomic mass is 10.2. The number of methoxy groups -OCH3 is 1. The van der Waals surface area contributed by atoms with Gasteiger partial charge in [-0.15, -0.1) is 0 Å². The second kappa shape index (κ2) is 5.98. The molecule has 0 N–H and O–H groups in total. The van der Waals surface area contributed by atoms with Crippen LogP contribution in [0.15, 0.2) is 24.3 Å². The van der Waals surface area contributed by atoms with Crippen LogP contribution in [-0.2, 0) is 21.2 Å². The molecule has 1 saturated heterocycles. The number of ether oxygens (including phenoxy) is 1. The molecule has 0 saturated carbocycles. The fourth-order valence-corrected chi connectivity index (χ4v) is 4.38. The summed E-state index contributed by atoms with van der Waals surface area (Å²) in [6.45, 7) is 0.289. The Morgan fingerprint density at radius 1 is 1.36 bits per heavy atom. The Bertz CT molecular complexity index is 771. The van der Waals surface area contributed by atoms with Crippen LogP contribution < -0.4 is 0 Å². The van der Waals surface area contributed by atoms with Gasteiger partial charge in [0.25, 0.3) is 0 Å². The number of aromatic nitrogens is 3. The van der Waals surface area contributed by atoms with Gasteiger partial charge in [-0.25, -0.2) is 18.1 Å². The summed E-state index contributed by atoms with van der Waals surface area (Å²) in [5, 5.41) is 5.14. The second-order valence-corrected chi connectivity index (χ2v) is 7.96. The minimum atomic E-state index is -2.98. The van der Waals surface area contributed by atoms with Crippen molar-refractivity contribution >= 4 is 21.4 Å². The van der Waals surface area contributed by atoms with Crippen LogP contribution in [0, 0.1) is 0 Å². The Kier molecular flexibility index (Phi) is 4.20. The van der Waals surface area contributed by atoms with E-state index in [0.29, 0.717) is 23.1 Å². The fourth-order valence-electron chi connectivity index (χ4n) is 2.57. The lowest BCUT2D eigenvalue weighted by molar-refractivity contribution is 0.171. The van der Waals surface area contributed by atoms with Crippen LogP contribution in [-0.4, -0.2) is 41.8 Å². The number of rotatable bonds is 4. The first-order valence-electron chi connectivity index (χ1n) is 6.89. The zero-order valence-electron chi connectivity index (χ0n) is 12.1. The van der Waals surface area contributed by atoms with Crippen molar-refractivity contribution in [2.24, 2.45) is 0 Å². The van der Waals surface area contributed by atoms with E-state index < -0.39 is 9.84 Å². The van der Waals surface area contributed by atoms with E-state index in [1.54, 1.807) is 23.9 Å². The van der Waals surface area contributed by atoms with Gasteiger partial charge in [-0.05, 0) is 30.7 Å². The largest absolute Gasteiger partial charge is 0.377 e. The van der Waals surface area contributed by atoms with Gasteiger partial charge in [0.1, 0.15) is 6.61 Å². The van der Waals surface area contributed by atoms with Crippen LogP contribution in [0.1, 0.15) is 18.3 Å². The molecule has 118 valence electrons. The van der Waals surface area contributed by atoms with E-state index in [0.717, 1.165) is 5.56 Å². The van der Waals surface area contributed by atoms with Gasteiger partial charge >= 0.3 is 0 Å². The number of halogens is 1. The summed E-state index contributed by atoms with van der Waals surface area (Å²) in [6, 6.07) is 7.04. The third kappa shape index (κ3) is 3.16. The van der Waals surface area contributed by atoms with Gasteiger partial charge < -0.3 is 4.74 Å². The van der Waals surface area contributed by atoms with Crippen LogP contribution in [0.2, 0.25) is 5.02 Å². The van der Waals surface area contributed by atoms with Crippen LogP contribution in [0.3, 0.4) is 0 Å².